The van der Waals surface area contributed by atoms with E-state index in [4.69, 9.17) is 28.2 Å². The molecule has 3 aromatic carbocycles. The molecule has 1 aromatic heterocycles. The van der Waals surface area contributed by atoms with Crippen molar-refractivity contribution in [3.05, 3.63) is 76.8 Å². The van der Waals surface area contributed by atoms with Crippen LogP contribution in [0.4, 0.5) is 5.69 Å². The lowest BCUT2D eigenvalue weighted by atomic mass is 10.1. The first-order chi connectivity index (χ1) is 15.4. The average Bonchev–Trinajstić information content (AvgIpc) is 3.18. The summed E-state index contributed by atoms with van der Waals surface area (Å²) >= 11 is 12.5. The monoisotopic (exact) mass is 481 g/mol. The molecule has 162 valence electrons. The third-order valence-electron chi connectivity index (χ3n) is 4.65. The van der Waals surface area contributed by atoms with E-state index in [-0.39, 0.29) is 16.8 Å². The third kappa shape index (κ3) is 5.48. The van der Waals surface area contributed by atoms with Gasteiger partial charge in [0.05, 0.1) is 5.75 Å². The lowest BCUT2D eigenvalue weighted by molar-refractivity contribution is -0.117. The molecule has 0 saturated heterocycles. The Morgan fingerprint density at radius 1 is 1.09 bits per heavy atom. The van der Waals surface area contributed by atoms with Gasteiger partial charge in [-0.05, 0) is 91.8 Å². The Morgan fingerprint density at radius 2 is 1.81 bits per heavy atom. The van der Waals surface area contributed by atoms with E-state index in [1.54, 1.807) is 12.1 Å². The molecule has 32 heavy (non-hydrogen) atoms. The van der Waals surface area contributed by atoms with E-state index < -0.39 is 0 Å². The summed E-state index contributed by atoms with van der Waals surface area (Å²) < 4.78 is 5.96. The number of anilines is 1. The average molecular weight is 482 g/mol. The van der Waals surface area contributed by atoms with E-state index in [1.165, 1.54) is 11.8 Å². The zero-order valence-electron chi connectivity index (χ0n) is 17.4. The van der Waals surface area contributed by atoms with Crippen LogP contribution in [0.1, 0.15) is 11.1 Å². The SMILES string of the molecule is Cc1cc(C)c2oc(-c3ccc(NC(=S)NC(=O)CSc4ccc(Cl)cc4)cc3)nc2c1. The van der Waals surface area contributed by atoms with Crippen LogP contribution < -0.4 is 10.6 Å². The fourth-order valence-electron chi connectivity index (χ4n) is 3.20. The van der Waals surface area contributed by atoms with Gasteiger partial charge in [-0.1, -0.05) is 17.7 Å². The van der Waals surface area contributed by atoms with Crippen LogP contribution in [0, 0.1) is 13.8 Å². The van der Waals surface area contributed by atoms with Gasteiger partial charge < -0.3 is 15.1 Å². The zero-order chi connectivity index (χ0) is 22.7. The molecular formula is C24H20ClN3O2S2. The summed E-state index contributed by atoms with van der Waals surface area (Å²) in [5, 5.41) is 6.62. The molecule has 0 aliphatic heterocycles. The van der Waals surface area contributed by atoms with Crippen molar-refractivity contribution in [3.8, 4) is 11.5 Å². The summed E-state index contributed by atoms with van der Waals surface area (Å²) in [6.45, 7) is 4.06. The molecule has 0 bridgehead atoms. The number of carbonyl (C=O) groups excluding carboxylic acids is 1. The molecular weight excluding hydrogens is 462 g/mol. The number of amides is 1. The first kappa shape index (κ1) is 22.3. The molecule has 1 heterocycles. The van der Waals surface area contributed by atoms with Crippen LogP contribution in [0.2, 0.25) is 5.02 Å². The minimum atomic E-state index is -0.184. The minimum Gasteiger partial charge on any atom is -0.436 e. The van der Waals surface area contributed by atoms with Gasteiger partial charge in [0, 0.05) is 21.2 Å². The number of aryl methyl sites for hydroxylation is 2. The number of rotatable bonds is 5. The maximum Gasteiger partial charge on any atom is 0.236 e. The molecule has 0 unspecified atom stereocenters. The molecule has 8 heteroatoms. The van der Waals surface area contributed by atoms with Gasteiger partial charge in [-0.3, -0.25) is 4.79 Å². The maximum absolute atomic E-state index is 12.2. The number of aromatic nitrogens is 1. The topological polar surface area (TPSA) is 67.2 Å². The van der Waals surface area contributed by atoms with Gasteiger partial charge in [-0.25, -0.2) is 4.98 Å². The van der Waals surface area contributed by atoms with Crippen LogP contribution in [0.25, 0.3) is 22.6 Å². The number of thiocarbonyl (C=S) groups is 1. The Labute approximate surface area is 200 Å². The van der Waals surface area contributed by atoms with Crippen molar-refractivity contribution < 1.29 is 9.21 Å². The van der Waals surface area contributed by atoms with Gasteiger partial charge in [0.15, 0.2) is 10.7 Å². The molecule has 0 aliphatic rings. The van der Waals surface area contributed by atoms with Crippen molar-refractivity contribution in [1.29, 1.82) is 0 Å². The number of thioether (sulfide) groups is 1. The van der Waals surface area contributed by atoms with Gasteiger partial charge >= 0.3 is 0 Å². The Balaban J connectivity index is 1.34. The number of oxazole rings is 1. The summed E-state index contributed by atoms with van der Waals surface area (Å²) in [7, 11) is 0. The van der Waals surface area contributed by atoms with Gasteiger partial charge in [-0.2, -0.15) is 0 Å². The minimum absolute atomic E-state index is 0.184. The summed E-state index contributed by atoms with van der Waals surface area (Å²) in [4.78, 5) is 17.7. The van der Waals surface area contributed by atoms with Gasteiger partial charge in [-0.15, -0.1) is 11.8 Å². The fraction of sp³-hybridized carbons (Fsp3) is 0.125. The van der Waals surface area contributed by atoms with Crippen LogP contribution in [0.3, 0.4) is 0 Å². The van der Waals surface area contributed by atoms with Crippen LogP contribution >= 0.6 is 35.6 Å². The van der Waals surface area contributed by atoms with Crippen LogP contribution in [0.15, 0.2) is 70.0 Å². The normalized spacial score (nSPS) is 10.8. The summed E-state index contributed by atoms with van der Waals surface area (Å²) in [5.41, 5.74) is 5.47. The highest BCUT2D eigenvalue weighted by Gasteiger charge is 2.11. The first-order valence-corrected chi connectivity index (χ1v) is 11.6. The molecule has 4 rings (SSSR count). The molecule has 4 aromatic rings. The van der Waals surface area contributed by atoms with Gasteiger partial charge in [0.1, 0.15) is 5.52 Å². The van der Waals surface area contributed by atoms with Crippen molar-refractivity contribution in [2.45, 2.75) is 18.7 Å². The van der Waals surface area contributed by atoms with Crippen molar-refractivity contribution in [3.63, 3.8) is 0 Å². The lowest BCUT2D eigenvalue weighted by Gasteiger charge is -2.10. The largest absolute Gasteiger partial charge is 0.436 e. The maximum atomic E-state index is 12.2. The number of carbonyl (C=O) groups is 1. The number of benzene rings is 3. The van der Waals surface area contributed by atoms with Crippen molar-refractivity contribution in [1.82, 2.24) is 10.3 Å². The Morgan fingerprint density at radius 3 is 2.53 bits per heavy atom. The number of hydrogen-bond acceptors (Lipinski definition) is 5. The molecule has 2 N–H and O–H groups in total. The van der Waals surface area contributed by atoms with E-state index in [9.17, 15) is 4.79 Å². The molecule has 0 saturated carbocycles. The molecule has 0 radical (unpaired) electrons. The van der Waals surface area contributed by atoms with Crippen LogP contribution in [-0.2, 0) is 4.79 Å². The number of halogens is 1. The van der Waals surface area contributed by atoms with Crippen molar-refractivity contribution in [2.75, 3.05) is 11.1 Å². The predicted molar refractivity (Wildman–Crippen MR) is 135 cm³/mol. The number of nitrogens with one attached hydrogen (secondary N) is 2. The Hall–Kier alpha value is -2.87. The zero-order valence-corrected chi connectivity index (χ0v) is 19.8. The second kappa shape index (κ2) is 9.73. The molecule has 0 aliphatic carbocycles. The van der Waals surface area contributed by atoms with E-state index in [2.05, 4.69) is 21.7 Å². The van der Waals surface area contributed by atoms with Crippen molar-refractivity contribution >= 4 is 63.4 Å². The van der Waals surface area contributed by atoms with E-state index >= 15 is 0 Å². The van der Waals surface area contributed by atoms with Gasteiger partial charge in [0.25, 0.3) is 0 Å². The van der Waals surface area contributed by atoms with Crippen LogP contribution in [0.5, 0.6) is 0 Å². The molecule has 0 fully saturated rings. The highest BCUT2D eigenvalue weighted by molar-refractivity contribution is 8.00. The molecule has 5 nitrogen and oxygen atoms in total. The van der Waals surface area contributed by atoms with Gasteiger partial charge in [0.2, 0.25) is 11.8 Å². The Kier molecular flexibility index (Phi) is 6.79. The number of fused-ring (bicyclic) bond motifs is 1. The number of hydrogen-bond donors (Lipinski definition) is 2. The second-order valence-electron chi connectivity index (χ2n) is 7.27. The first-order valence-electron chi connectivity index (χ1n) is 9.85. The Bertz CT molecular complexity index is 1290. The highest BCUT2D eigenvalue weighted by Crippen LogP contribution is 2.28. The molecule has 0 spiro atoms. The summed E-state index contributed by atoms with van der Waals surface area (Å²) in [6.07, 6.45) is 0. The summed E-state index contributed by atoms with van der Waals surface area (Å²) in [5.74, 6) is 0.630. The standard InChI is InChI=1S/C24H20ClN3O2S2/c1-14-11-15(2)22-20(12-14)27-23(30-22)16-3-7-18(8-4-16)26-24(31)28-21(29)13-32-19-9-5-17(25)6-10-19/h3-12H,13H2,1-2H3,(H2,26,28,29,31). The predicted octanol–water partition coefficient (Wildman–Crippen LogP) is 6.37. The van der Waals surface area contributed by atoms with Crippen LogP contribution in [-0.4, -0.2) is 21.8 Å². The summed E-state index contributed by atoms with van der Waals surface area (Å²) in [6, 6.07) is 18.9. The third-order valence-corrected chi connectivity index (χ3v) is 6.11. The smallest absolute Gasteiger partial charge is 0.236 e. The second-order valence-corrected chi connectivity index (χ2v) is 9.16. The molecule has 0 atom stereocenters. The van der Waals surface area contributed by atoms with Crippen molar-refractivity contribution in [2.24, 2.45) is 0 Å². The van der Waals surface area contributed by atoms with E-state index in [0.717, 1.165) is 38.4 Å². The van der Waals surface area contributed by atoms with E-state index in [1.807, 2.05) is 56.3 Å². The molecule has 1 amide bonds. The quantitative estimate of drug-likeness (QED) is 0.255. The highest BCUT2D eigenvalue weighted by atomic mass is 35.5. The number of nitrogens with zero attached hydrogens (tertiary/aromatic N) is 1. The fourth-order valence-corrected chi connectivity index (χ4v) is 4.26. The van der Waals surface area contributed by atoms with E-state index in [0.29, 0.717) is 10.9 Å². The lowest BCUT2D eigenvalue weighted by Crippen LogP contribution is -2.35.